The molecule has 27 heavy (non-hydrogen) atoms. The van der Waals surface area contributed by atoms with Crippen molar-refractivity contribution >= 4 is 22.6 Å². The zero-order chi connectivity index (χ0) is 19.2. The van der Waals surface area contributed by atoms with Crippen LogP contribution in [0.1, 0.15) is 23.1 Å². The Labute approximate surface area is 158 Å². The molecule has 1 atom stereocenters. The van der Waals surface area contributed by atoms with Gasteiger partial charge in [-0.1, -0.05) is 72.3 Å². The largest absolute Gasteiger partial charge is 0.481 e. The zero-order valence-electron chi connectivity index (χ0n) is 15.3. The molecule has 4 nitrogen and oxygen atoms in total. The standard InChI is InChI=1S/C23H23NO3/c1-16-6-8-17(9-7-16)14-22(25)24-21(15-23(26)27)13-18-10-11-19-4-2-3-5-20(19)12-18/h2-12,21H,13-15H2,1H3,(H,24,25)(H,26,27). The number of carboxylic acid groups (broad SMARTS) is 1. The van der Waals surface area contributed by atoms with E-state index in [0.717, 1.165) is 27.5 Å². The van der Waals surface area contributed by atoms with Crippen molar-refractivity contribution in [2.45, 2.75) is 32.2 Å². The molecule has 0 aliphatic rings. The number of nitrogens with one attached hydrogen (secondary N) is 1. The fourth-order valence-electron chi connectivity index (χ4n) is 3.21. The Kier molecular flexibility index (Phi) is 5.87. The second kappa shape index (κ2) is 8.49. The Morgan fingerprint density at radius 3 is 2.30 bits per heavy atom. The SMILES string of the molecule is Cc1ccc(CC(=O)NC(CC(=O)O)Cc2ccc3ccccc3c2)cc1. The lowest BCUT2D eigenvalue weighted by atomic mass is 9.99. The summed E-state index contributed by atoms with van der Waals surface area (Å²) in [5, 5.41) is 14.3. The zero-order valence-corrected chi connectivity index (χ0v) is 15.3. The summed E-state index contributed by atoms with van der Waals surface area (Å²) in [6.07, 6.45) is 0.622. The summed E-state index contributed by atoms with van der Waals surface area (Å²) in [5.41, 5.74) is 3.06. The fraction of sp³-hybridized carbons (Fsp3) is 0.217. The Bertz CT molecular complexity index is 947. The first-order chi connectivity index (χ1) is 13.0. The van der Waals surface area contributed by atoms with E-state index in [2.05, 4.69) is 11.4 Å². The molecule has 3 rings (SSSR count). The number of carbonyl (C=O) groups excluding carboxylic acids is 1. The highest BCUT2D eigenvalue weighted by Gasteiger charge is 2.17. The third kappa shape index (κ3) is 5.42. The summed E-state index contributed by atoms with van der Waals surface area (Å²) in [6.45, 7) is 2.00. The van der Waals surface area contributed by atoms with Gasteiger partial charge in [-0.15, -0.1) is 0 Å². The smallest absolute Gasteiger partial charge is 0.305 e. The molecule has 3 aromatic rings. The van der Waals surface area contributed by atoms with Crippen LogP contribution in [-0.4, -0.2) is 23.0 Å². The van der Waals surface area contributed by atoms with E-state index in [4.69, 9.17) is 0 Å². The van der Waals surface area contributed by atoms with Crippen molar-refractivity contribution in [2.24, 2.45) is 0 Å². The lowest BCUT2D eigenvalue weighted by Gasteiger charge is -2.17. The van der Waals surface area contributed by atoms with Crippen LogP contribution in [0, 0.1) is 6.92 Å². The monoisotopic (exact) mass is 361 g/mol. The maximum atomic E-state index is 12.4. The van der Waals surface area contributed by atoms with Crippen LogP contribution in [0.3, 0.4) is 0 Å². The van der Waals surface area contributed by atoms with Crippen LogP contribution in [0.5, 0.6) is 0 Å². The number of amides is 1. The number of hydrogen-bond donors (Lipinski definition) is 2. The van der Waals surface area contributed by atoms with Gasteiger partial charge in [-0.25, -0.2) is 0 Å². The minimum absolute atomic E-state index is 0.105. The highest BCUT2D eigenvalue weighted by atomic mass is 16.4. The van der Waals surface area contributed by atoms with Gasteiger partial charge in [-0.3, -0.25) is 9.59 Å². The molecular weight excluding hydrogens is 338 g/mol. The Balaban J connectivity index is 1.69. The molecule has 4 heteroatoms. The molecule has 0 fully saturated rings. The number of carboxylic acids is 1. The van der Waals surface area contributed by atoms with Gasteiger partial charge in [-0.2, -0.15) is 0 Å². The highest BCUT2D eigenvalue weighted by molar-refractivity contribution is 5.83. The minimum atomic E-state index is -0.920. The van der Waals surface area contributed by atoms with Crippen LogP contribution >= 0.6 is 0 Å². The molecule has 0 spiro atoms. The van der Waals surface area contributed by atoms with Gasteiger partial charge in [0.05, 0.1) is 12.8 Å². The van der Waals surface area contributed by atoms with Gasteiger partial charge in [0.25, 0.3) is 0 Å². The van der Waals surface area contributed by atoms with E-state index in [9.17, 15) is 14.7 Å². The van der Waals surface area contributed by atoms with E-state index in [1.54, 1.807) is 0 Å². The summed E-state index contributed by atoms with van der Waals surface area (Å²) < 4.78 is 0. The molecule has 1 unspecified atom stereocenters. The Morgan fingerprint density at radius 1 is 0.926 bits per heavy atom. The molecule has 2 N–H and O–H groups in total. The molecule has 0 saturated carbocycles. The number of rotatable bonds is 7. The van der Waals surface area contributed by atoms with E-state index in [-0.39, 0.29) is 18.7 Å². The van der Waals surface area contributed by atoms with Gasteiger partial charge >= 0.3 is 5.97 Å². The first-order valence-corrected chi connectivity index (χ1v) is 9.04. The summed E-state index contributed by atoms with van der Waals surface area (Å²) in [4.78, 5) is 23.6. The average molecular weight is 361 g/mol. The topological polar surface area (TPSA) is 66.4 Å². The molecule has 0 aromatic heterocycles. The molecule has 0 aliphatic heterocycles. The lowest BCUT2D eigenvalue weighted by molar-refractivity contribution is -0.137. The number of aliphatic carboxylic acids is 1. The normalized spacial score (nSPS) is 11.9. The maximum absolute atomic E-state index is 12.4. The summed E-state index contributed by atoms with van der Waals surface area (Å²) in [5.74, 6) is -1.08. The van der Waals surface area contributed by atoms with Crippen LogP contribution in [0.25, 0.3) is 10.8 Å². The van der Waals surface area contributed by atoms with E-state index in [1.807, 2.05) is 67.6 Å². The van der Waals surface area contributed by atoms with Crippen molar-refractivity contribution in [1.82, 2.24) is 5.32 Å². The van der Waals surface area contributed by atoms with E-state index >= 15 is 0 Å². The van der Waals surface area contributed by atoms with Crippen molar-refractivity contribution < 1.29 is 14.7 Å². The van der Waals surface area contributed by atoms with Gasteiger partial charge < -0.3 is 10.4 Å². The third-order valence-electron chi connectivity index (χ3n) is 4.57. The molecule has 0 saturated heterocycles. The molecule has 3 aromatic carbocycles. The number of carbonyl (C=O) groups is 2. The quantitative estimate of drug-likeness (QED) is 0.671. The molecular formula is C23H23NO3. The van der Waals surface area contributed by atoms with E-state index in [1.165, 1.54) is 0 Å². The molecule has 0 radical (unpaired) electrons. The highest BCUT2D eigenvalue weighted by Crippen LogP contribution is 2.17. The molecule has 138 valence electrons. The summed E-state index contributed by atoms with van der Waals surface area (Å²) in [6, 6.07) is 21.4. The average Bonchev–Trinajstić information content (AvgIpc) is 2.63. The van der Waals surface area contributed by atoms with Crippen molar-refractivity contribution in [1.29, 1.82) is 0 Å². The minimum Gasteiger partial charge on any atom is -0.481 e. The Morgan fingerprint density at radius 2 is 1.59 bits per heavy atom. The first kappa shape index (κ1) is 18.6. The Hall–Kier alpha value is -3.14. The van der Waals surface area contributed by atoms with Gasteiger partial charge in [-0.05, 0) is 35.2 Å². The van der Waals surface area contributed by atoms with Crippen LogP contribution < -0.4 is 5.32 Å². The number of benzene rings is 3. The van der Waals surface area contributed by atoms with E-state index in [0.29, 0.717) is 6.42 Å². The van der Waals surface area contributed by atoms with Crippen molar-refractivity contribution in [2.75, 3.05) is 0 Å². The van der Waals surface area contributed by atoms with Gasteiger partial charge in [0, 0.05) is 6.04 Å². The molecule has 1 amide bonds. The van der Waals surface area contributed by atoms with Gasteiger partial charge in [0.15, 0.2) is 0 Å². The van der Waals surface area contributed by atoms with Crippen LogP contribution in [0.4, 0.5) is 0 Å². The van der Waals surface area contributed by atoms with Crippen molar-refractivity contribution in [3.8, 4) is 0 Å². The third-order valence-corrected chi connectivity index (χ3v) is 4.57. The van der Waals surface area contributed by atoms with Crippen LogP contribution in [-0.2, 0) is 22.4 Å². The molecule has 0 aliphatic carbocycles. The predicted octanol–water partition coefficient (Wildman–Crippen LogP) is 3.89. The summed E-state index contributed by atoms with van der Waals surface area (Å²) in [7, 11) is 0. The van der Waals surface area contributed by atoms with E-state index < -0.39 is 12.0 Å². The van der Waals surface area contributed by atoms with Gasteiger partial charge in [0.1, 0.15) is 0 Å². The van der Waals surface area contributed by atoms with Crippen LogP contribution in [0.2, 0.25) is 0 Å². The molecule has 0 heterocycles. The predicted molar refractivity (Wildman–Crippen MR) is 107 cm³/mol. The maximum Gasteiger partial charge on any atom is 0.305 e. The van der Waals surface area contributed by atoms with Crippen LogP contribution in [0.15, 0.2) is 66.7 Å². The first-order valence-electron chi connectivity index (χ1n) is 9.04. The fourth-order valence-corrected chi connectivity index (χ4v) is 3.21. The number of fused-ring (bicyclic) bond motifs is 1. The van der Waals surface area contributed by atoms with Crippen molar-refractivity contribution in [3.63, 3.8) is 0 Å². The second-order valence-corrected chi connectivity index (χ2v) is 6.91. The lowest BCUT2D eigenvalue weighted by Crippen LogP contribution is -2.38. The molecule has 0 bridgehead atoms. The van der Waals surface area contributed by atoms with Crippen molar-refractivity contribution in [3.05, 3.63) is 83.4 Å². The second-order valence-electron chi connectivity index (χ2n) is 6.91. The summed E-state index contributed by atoms with van der Waals surface area (Å²) >= 11 is 0. The number of aryl methyl sites for hydroxylation is 1. The van der Waals surface area contributed by atoms with Gasteiger partial charge in [0.2, 0.25) is 5.91 Å². The number of hydrogen-bond acceptors (Lipinski definition) is 2.